The molecule has 2 saturated heterocycles. The predicted octanol–water partition coefficient (Wildman–Crippen LogP) is 3.02. The lowest BCUT2D eigenvalue weighted by molar-refractivity contribution is -0.138. The average Bonchev–Trinajstić information content (AvgIpc) is 2.96. The number of benzene rings is 2. The Balaban J connectivity index is 1.31. The van der Waals surface area contributed by atoms with Crippen molar-refractivity contribution in [3.8, 4) is 11.1 Å². The largest absolute Gasteiger partial charge is 0.481 e. The molecule has 4 rings (SSSR count). The van der Waals surface area contributed by atoms with Crippen LogP contribution in [0.3, 0.4) is 0 Å². The second-order valence-corrected chi connectivity index (χ2v) is 10.5. The maximum Gasteiger partial charge on any atom is 0.307 e. The van der Waals surface area contributed by atoms with E-state index in [-0.39, 0.29) is 11.8 Å². The molecule has 0 unspecified atom stereocenters. The van der Waals surface area contributed by atoms with Gasteiger partial charge in [0.15, 0.2) is 0 Å². The van der Waals surface area contributed by atoms with E-state index in [1.165, 1.54) is 0 Å². The maximum absolute atomic E-state index is 13.1. The predicted molar refractivity (Wildman–Crippen MR) is 148 cm³/mol. The molecule has 2 aromatic rings. The number of carbonyl (C=O) groups excluding carboxylic acids is 3. The molecule has 0 aliphatic carbocycles. The first-order valence-corrected chi connectivity index (χ1v) is 13.9. The summed E-state index contributed by atoms with van der Waals surface area (Å²) >= 11 is 0. The van der Waals surface area contributed by atoms with Crippen molar-refractivity contribution in [2.45, 2.75) is 51.1 Å². The van der Waals surface area contributed by atoms with Crippen LogP contribution in [-0.4, -0.2) is 66.0 Å². The summed E-state index contributed by atoms with van der Waals surface area (Å²) in [5.41, 5.74) is 2.34. The number of rotatable bonds is 10. The zero-order chi connectivity index (χ0) is 27.6. The van der Waals surface area contributed by atoms with Crippen LogP contribution in [0.15, 0.2) is 54.6 Å². The first kappa shape index (κ1) is 28.3. The molecule has 4 N–H and O–H groups in total. The molecule has 2 aliphatic heterocycles. The first-order chi connectivity index (χ1) is 18.9. The van der Waals surface area contributed by atoms with Crippen LogP contribution < -0.4 is 16.0 Å². The Labute approximate surface area is 229 Å². The summed E-state index contributed by atoms with van der Waals surface area (Å²) in [6, 6.07) is 16.8. The van der Waals surface area contributed by atoms with Crippen molar-refractivity contribution in [2.75, 3.05) is 26.2 Å². The summed E-state index contributed by atoms with van der Waals surface area (Å²) in [5, 5.41) is 18.1. The third-order valence-electron chi connectivity index (χ3n) is 7.62. The minimum Gasteiger partial charge on any atom is -0.481 e. The summed E-state index contributed by atoms with van der Waals surface area (Å²) < 4.78 is 0. The third kappa shape index (κ3) is 8.38. The number of hydrogen-bond donors (Lipinski definition) is 4. The standard InChI is InChI=1S/C30H38N4O5/c35-27(13-8-21-14-16-31-17-15-21)34-18-4-7-25(20-34)30(39)33-26(19-28(36)37)32-29(38)24-11-9-23(10-12-24)22-5-2-1-3-6-22/h1-3,5-6,9-12,21,25-26,31H,4,7-8,13-20H2,(H,32,38)(H,33,39)(H,36,37)/t25-,26-/m1/s1. The molecule has 208 valence electrons. The van der Waals surface area contributed by atoms with E-state index >= 15 is 0 Å². The van der Waals surface area contributed by atoms with Crippen molar-refractivity contribution in [3.63, 3.8) is 0 Å². The van der Waals surface area contributed by atoms with Crippen LogP contribution in [0.2, 0.25) is 0 Å². The Kier molecular flexibility index (Phi) is 10.1. The van der Waals surface area contributed by atoms with E-state index in [1.54, 1.807) is 17.0 Å². The number of piperidine rings is 2. The highest BCUT2D eigenvalue weighted by Gasteiger charge is 2.30. The lowest BCUT2D eigenvalue weighted by Gasteiger charge is -2.33. The zero-order valence-electron chi connectivity index (χ0n) is 22.2. The van der Waals surface area contributed by atoms with E-state index < -0.39 is 30.4 Å². The summed E-state index contributed by atoms with van der Waals surface area (Å²) in [4.78, 5) is 52.0. The molecule has 2 heterocycles. The molecule has 2 atom stereocenters. The van der Waals surface area contributed by atoms with Gasteiger partial charge >= 0.3 is 5.97 Å². The smallest absolute Gasteiger partial charge is 0.307 e. The minimum absolute atomic E-state index is 0.0698. The van der Waals surface area contributed by atoms with Crippen molar-refractivity contribution in [3.05, 3.63) is 60.2 Å². The number of nitrogens with one attached hydrogen (secondary N) is 3. The van der Waals surface area contributed by atoms with Gasteiger partial charge in [-0.3, -0.25) is 19.2 Å². The number of carboxylic acids is 1. The van der Waals surface area contributed by atoms with Crippen molar-refractivity contribution < 1.29 is 24.3 Å². The Bertz CT molecular complexity index is 1130. The summed E-state index contributed by atoms with van der Waals surface area (Å²) in [6.07, 6.45) is 3.33. The molecule has 0 bridgehead atoms. The SMILES string of the molecule is O=C(O)C[C@H](NC(=O)c1ccc(-c2ccccc2)cc1)NC(=O)[C@@H]1CCCN(C(=O)CCC2CCNCC2)C1. The zero-order valence-corrected chi connectivity index (χ0v) is 22.2. The lowest BCUT2D eigenvalue weighted by Crippen LogP contribution is -2.53. The molecular weight excluding hydrogens is 496 g/mol. The van der Waals surface area contributed by atoms with Crippen LogP contribution in [0.4, 0.5) is 0 Å². The van der Waals surface area contributed by atoms with Gasteiger partial charge < -0.3 is 26.0 Å². The van der Waals surface area contributed by atoms with E-state index in [4.69, 9.17) is 0 Å². The number of aliphatic carboxylic acids is 1. The highest BCUT2D eigenvalue weighted by Crippen LogP contribution is 2.22. The van der Waals surface area contributed by atoms with Crippen LogP contribution in [0.5, 0.6) is 0 Å². The highest BCUT2D eigenvalue weighted by molar-refractivity contribution is 5.95. The Hall–Kier alpha value is -3.72. The Morgan fingerprint density at radius 3 is 2.31 bits per heavy atom. The first-order valence-electron chi connectivity index (χ1n) is 13.9. The van der Waals surface area contributed by atoms with Gasteiger partial charge in [-0.15, -0.1) is 0 Å². The topological polar surface area (TPSA) is 128 Å². The van der Waals surface area contributed by atoms with Gasteiger partial charge in [-0.1, -0.05) is 42.5 Å². The van der Waals surface area contributed by atoms with E-state index in [0.717, 1.165) is 43.5 Å². The van der Waals surface area contributed by atoms with Crippen LogP contribution >= 0.6 is 0 Å². The second kappa shape index (κ2) is 13.9. The molecule has 0 radical (unpaired) electrons. The van der Waals surface area contributed by atoms with Crippen LogP contribution in [-0.2, 0) is 14.4 Å². The number of carboxylic acid groups (broad SMARTS) is 1. The summed E-state index contributed by atoms with van der Waals surface area (Å²) in [5.74, 6) is -1.77. The molecule has 2 aromatic carbocycles. The highest BCUT2D eigenvalue weighted by atomic mass is 16.4. The van der Waals surface area contributed by atoms with Crippen molar-refractivity contribution in [2.24, 2.45) is 11.8 Å². The van der Waals surface area contributed by atoms with Gasteiger partial charge in [-0.25, -0.2) is 0 Å². The van der Waals surface area contributed by atoms with Gasteiger partial charge in [0.25, 0.3) is 5.91 Å². The molecule has 39 heavy (non-hydrogen) atoms. The summed E-state index contributed by atoms with van der Waals surface area (Å²) in [7, 11) is 0. The second-order valence-electron chi connectivity index (χ2n) is 10.5. The average molecular weight is 535 g/mol. The van der Waals surface area contributed by atoms with Gasteiger partial charge in [-0.05, 0) is 74.4 Å². The fraction of sp³-hybridized carbons (Fsp3) is 0.467. The van der Waals surface area contributed by atoms with Crippen molar-refractivity contribution in [1.82, 2.24) is 20.9 Å². The third-order valence-corrected chi connectivity index (χ3v) is 7.62. The van der Waals surface area contributed by atoms with E-state index in [9.17, 15) is 24.3 Å². The number of amides is 3. The summed E-state index contributed by atoms with van der Waals surface area (Å²) in [6.45, 7) is 2.93. The van der Waals surface area contributed by atoms with Gasteiger partial charge in [0.1, 0.15) is 6.17 Å². The lowest BCUT2D eigenvalue weighted by atomic mass is 9.92. The van der Waals surface area contributed by atoms with E-state index in [2.05, 4.69) is 16.0 Å². The fourth-order valence-electron chi connectivity index (χ4n) is 5.36. The number of carbonyl (C=O) groups is 4. The minimum atomic E-state index is -1.14. The monoisotopic (exact) mass is 534 g/mol. The van der Waals surface area contributed by atoms with Crippen LogP contribution in [0.1, 0.15) is 55.3 Å². The van der Waals surface area contributed by atoms with E-state index in [0.29, 0.717) is 43.8 Å². The molecular formula is C30H38N4O5. The van der Waals surface area contributed by atoms with E-state index in [1.807, 2.05) is 42.5 Å². The molecule has 0 spiro atoms. The quantitative estimate of drug-likeness (QED) is 0.347. The number of hydrogen-bond acceptors (Lipinski definition) is 5. The van der Waals surface area contributed by atoms with Gasteiger partial charge in [-0.2, -0.15) is 0 Å². The molecule has 9 nitrogen and oxygen atoms in total. The van der Waals surface area contributed by atoms with Crippen LogP contribution in [0, 0.1) is 11.8 Å². The van der Waals surface area contributed by atoms with Crippen molar-refractivity contribution >= 4 is 23.7 Å². The maximum atomic E-state index is 13.1. The molecule has 9 heteroatoms. The molecule has 0 aromatic heterocycles. The van der Waals surface area contributed by atoms with Crippen molar-refractivity contribution in [1.29, 1.82) is 0 Å². The normalized spacial score (nSPS) is 18.7. The molecule has 2 fully saturated rings. The van der Waals surface area contributed by atoms with Gasteiger partial charge in [0, 0.05) is 25.1 Å². The van der Waals surface area contributed by atoms with Gasteiger partial charge in [0.2, 0.25) is 11.8 Å². The van der Waals surface area contributed by atoms with Crippen LogP contribution in [0.25, 0.3) is 11.1 Å². The fourth-order valence-corrected chi connectivity index (χ4v) is 5.36. The molecule has 0 saturated carbocycles. The van der Waals surface area contributed by atoms with Gasteiger partial charge in [0.05, 0.1) is 12.3 Å². The molecule has 2 aliphatic rings. The Morgan fingerprint density at radius 2 is 1.62 bits per heavy atom. The Morgan fingerprint density at radius 1 is 0.923 bits per heavy atom. The number of nitrogens with zero attached hydrogens (tertiary/aromatic N) is 1. The molecule has 3 amide bonds. The number of likely N-dealkylation sites (tertiary alicyclic amines) is 1.